The number of para-hydroxylation sites is 1. The summed E-state index contributed by atoms with van der Waals surface area (Å²) in [4.78, 5) is 16.5. The molecule has 2 rings (SSSR count). The Hall–Kier alpha value is -1.61. The van der Waals surface area contributed by atoms with Crippen molar-refractivity contribution in [1.82, 2.24) is 10.3 Å². The van der Waals surface area contributed by atoms with E-state index in [1.54, 1.807) is 6.07 Å². The van der Waals surface area contributed by atoms with Gasteiger partial charge < -0.3 is 5.32 Å². The highest BCUT2D eigenvalue weighted by molar-refractivity contribution is 6.21. The minimum absolute atomic E-state index is 0.170. The molecule has 1 aromatic heterocycles. The van der Waals surface area contributed by atoms with Crippen LogP contribution in [0.2, 0.25) is 0 Å². The van der Waals surface area contributed by atoms with Crippen molar-refractivity contribution >= 4 is 28.4 Å². The maximum atomic E-state index is 12.2. The first-order chi connectivity index (χ1) is 8.90. The molecule has 1 atom stereocenters. The van der Waals surface area contributed by atoms with E-state index in [1.165, 1.54) is 0 Å². The van der Waals surface area contributed by atoms with Gasteiger partial charge in [-0.2, -0.15) is 0 Å². The van der Waals surface area contributed by atoms with Crippen molar-refractivity contribution in [2.75, 3.05) is 0 Å². The quantitative estimate of drug-likeness (QED) is 0.874. The fourth-order valence-electron chi connectivity index (χ4n) is 1.65. The second-order valence-corrected chi connectivity index (χ2v) is 5.84. The van der Waals surface area contributed by atoms with Crippen molar-refractivity contribution in [3.8, 4) is 0 Å². The number of nitrogens with one attached hydrogen (secondary N) is 1. The molecule has 0 aliphatic heterocycles. The van der Waals surface area contributed by atoms with Crippen LogP contribution >= 0.6 is 11.6 Å². The number of halogens is 1. The lowest BCUT2D eigenvalue weighted by Gasteiger charge is -2.28. The number of carbonyl (C=O) groups is 1. The van der Waals surface area contributed by atoms with Gasteiger partial charge in [0.2, 0.25) is 0 Å². The van der Waals surface area contributed by atoms with Crippen LogP contribution in [0.15, 0.2) is 36.4 Å². The molecule has 0 saturated heterocycles. The molecule has 1 amide bonds. The van der Waals surface area contributed by atoms with E-state index in [4.69, 9.17) is 11.6 Å². The molecule has 0 saturated carbocycles. The van der Waals surface area contributed by atoms with Crippen LogP contribution in [0.4, 0.5) is 0 Å². The molecule has 1 N–H and O–H groups in total. The molecular formula is C15H17ClN2O. The predicted molar refractivity (Wildman–Crippen MR) is 78.6 cm³/mol. The summed E-state index contributed by atoms with van der Waals surface area (Å²) >= 11 is 6.06. The molecular weight excluding hydrogens is 260 g/mol. The van der Waals surface area contributed by atoms with Crippen LogP contribution in [-0.4, -0.2) is 21.8 Å². The fourth-order valence-corrected chi connectivity index (χ4v) is 1.70. The van der Waals surface area contributed by atoms with Crippen LogP contribution in [0.25, 0.3) is 10.9 Å². The van der Waals surface area contributed by atoms with Gasteiger partial charge >= 0.3 is 0 Å². The lowest BCUT2D eigenvalue weighted by molar-refractivity contribution is 0.0907. The molecule has 0 fully saturated rings. The molecule has 0 bridgehead atoms. The molecule has 0 aliphatic carbocycles. The number of benzene rings is 1. The molecule has 1 heterocycles. The molecule has 1 unspecified atom stereocenters. The summed E-state index contributed by atoms with van der Waals surface area (Å²) < 4.78 is 0. The Bertz CT molecular complexity index is 608. The lowest BCUT2D eigenvalue weighted by Crippen LogP contribution is -2.49. The number of amides is 1. The van der Waals surface area contributed by atoms with Gasteiger partial charge in [-0.3, -0.25) is 4.79 Å². The molecule has 0 spiro atoms. The van der Waals surface area contributed by atoms with Crippen molar-refractivity contribution < 1.29 is 4.79 Å². The summed E-state index contributed by atoms with van der Waals surface area (Å²) in [5.41, 5.74) is 0.738. The maximum absolute atomic E-state index is 12.2. The first-order valence-electron chi connectivity index (χ1n) is 6.22. The summed E-state index contributed by atoms with van der Waals surface area (Å²) in [5.74, 6) is -0.205. The lowest BCUT2D eigenvalue weighted by atomic mass is 10.0. The van der Waals surface area contributed by atoms with Gasteiger partial charge in [0.15, 0.2) is 0 Å². The van der Waals surface area contributed by atoms with Crippen molar-refractivity contribution in [1.29, 1.82) is 0 Å². The smallest absolute Gasteiger partial charge is 0.270 e. The van der Waals surface area contributed by atoms with Crippen molar-refractivity contribution in [3.63, 3.8) is 0 Å². The second-order valence-electron chi connectivity index (χ2n) is 5.18. The SMILES string of the molecule is CC(Cl)C(C)(C)NC(=O)c1ccc2ccccc2n1. The Morgan fingerprint density at radius 3 is 2.63 bits per heavy atom. The van der Waals surface area contributed by atoms with E-state index in [9.17, 15) is 4.79 Å². The Labute approximate surface area is 118 Å². The number of alkyl halides is 1. The van der Waals surface area contributed by atoms with Crippen LogP contribution in [0.1, 0.15) is 31.3 Å². The molecule has 4 heteroatoms. The molecule has 100 valence electrons. The van der Waals surface area contributed by atoms with Gasteiger partial charge in [-0.25, -0.2) is 4.98 Å². The van der Waals surface area contributed by atoms with Crippen LogP contribution in [0, 0.1) is 0 Å². The maximum Gasteiger partial charge on any atom is 0.270 e. The zero-order valence-corrected chi connectivity index (χ0v) is 12.0. The largest absolute Gasteiger partial charge is 0.344 e. The average Bonchev–Trinajstić information content (AvgIpc) is 2.37. The molecule has 0 radical (unpaired) electrons. The Morgan fingerprint density at radius 1 is 1.26 bits per heavy atom. The molecule has 3 nitrogen and oxygen atoms in total. The number of rotatable bonds is 3. The molecule has 1 aromatic carbocycles. The summed E-state index contributed by atoms with van der Waals surface area (Å²) in [6, 6.07) is 11.3. The van der Waals surface area contributed by atoms with Gasteiger partial charge in [0.25, 0.3) is 5.91 Å². The van der Waals surface area contributed by atoms with E-state index in [1.807, 2.05) is 51.1 Å². The van der Waals surface area contributed by atoms with Crippen molar-refractivity contribution in [2.24, 2.45) is 0 Å². The summed E-state index contributed by atoms with van der Waals surface area (Å²) in [6.07, 6.45) is 0. The van der Waals surface area contributed by atoms with Crippen molar-refractivity contribution in [2.45, 2.75) is 31.7 Å². The fraction of sp³-hybridized carbons (Fsp3) is 0.333. The summed E-state index contributed by atoms with van der Waals surface area (Å²) in [6.45, 7) is 5.64. The third kappa shape index (κ3) is 3.04. The number of fused-ring (bicyclic) bond motifs is 1. The van der Waals surface area contributed by atoms with E-state index < -0.39 is 5.54 Å². The molecule has 2 aromatic rings. The Morgan fingerprint density at radius 2 is 1.95 bits per heavy atom. The summed E-state index contributed by atoms with van der Waals surface area (Å²) in [5, 5.41) is 3.75. The van der Waals surface area contributed by atoms with E-state index in [0.29, 0.717) is 5.69 Å². The number of carbonyl (C=O) groups excluding carboxylic acids is 1. The van der Waals surface area contributed by atoms with Crippen LogP contribution < -0.4 is 5.32 Å². The van der Waals surface area contributed by atoms with E-state index in [2.05, 4.69) is 10.3 Å². The van der Waals surface area contributed by atoms with Gasteiger partial charge in [0.05, 0.1) is 16.4 Å². The standard InChI is InChI=1S/C15H17ClN2O/c1-10(16)15(2,3)18-14(19)13-9-8-11-6-4-5-7-12(11)17-13/h4-10H,1-3H3,(H,18,19). The second kappa shape index (κ2) is 5.17. The third-order valence-electron chi connectivity index (χ3n) is 3.26. The normalized spacial score (nSPS) is 13.3. The highest BCUT2D eigenvalue weighted by atomic mass is 35.5. The Balaban J connectivity index is 2.27. The van der Waals surface area contributed by atoms with Gasteiger partial charge in [-0.1, -0.05) is 24.3 Å². The topological polar surface area (TPSA) is 42.0 Å². The van der Waals surface area contributed by atoms with Crippen LogP contribution in [0.5, 0.6) is 0 Å². The van der Waals surface area contributed by atoms with E-state index in [0.717, 1.165) is 10.9 Å². The first-order valence-corrected chi connectivity index (χ1v) is 6.66. The predicted octanol–water partition coefficient (Wildman–Crippen LogP) is 3.37. The molecule has 0 aliphatic rings. The molecule has 19 heavy (non-hydrogen) atoms. The van der Waals surface area contributed by atoms with Crippen LogP contribution in [-0.2, 0) is 0 Å². The van der Waals surface area contributed by atoms with Gasteiger partial charge in [0.1, 0.15) is 5.69 Å². The number of hydrogen-bond acceptors (Lipinski definition) is 2. The monoisotopic (exact) mass is 276 g/mol. The zero-order valence-electron chi connectivity index (χ0n) is 11.3. The first kappa shape index (κ1) is 13.8. The number of aromatic nitrogens is 1. The highest BCUT2D eigenvalue weighted by Crippen LogP contribution is 2.16. The van der Waals surface area contributed by atoms with Crippen molar-refractivity contribution in [3.05, 3.63) is 42.1 Å². The van der Waals surface area contributed by atoms with E-state index >= 15 is 0 Å². The van der Waals surface area contributed by atoms with Gasteiger partial charge in [-0.05, 0) is 32.9 Å². The minimum Gasteiger partial charge on any atom is -0.344 e. The number of pyridine rings is 1. The Kier molecular flexibility index (Phi) is 3.76. The van der Waals surface area contributed by atoms with Crippen LogP contribution in [0.3, 0.4) is 0 Å². The van der Waals surface area contributed by atoms with Gasteiger partial charge in [-0.15, -0.1) is 11.6 Å². The minimum atomic E-state index is -0.480. The number of nitrogens with zero attached hydrogens (tertiary/aromatic N) is 1. The van der Waals surface area contributed by atoms with E-state index in [-0.39, 0.29) is 11.3 Å². The zero-order chi connectivity index (χ0) is 14.0. The third-order valence-corrected chi connectivity index (χ3v) is 3.81. The average molecular weight is 277 g/mol. The summed E-state index contributed by atoms with van der Waals surface area (Å²) in [7, 11) is 0. The number of hydrogen-bond donors (Lipinski definition) is 1. The highest BCUT2D eigenvalue weighted by Gasteiger charge is 2.26. The van der Waals surface area contributed by atoms with Gasteiger partial charge in [0, 0.05) is 5.39 Å².